The summed E-state index contributed by atoms with van der Waals surface area (Å²) in [5, 5.41) is 6.68. The van der Waals surface area contributed by atoms with Gasteiger partial charge >= 0.3 is 0 Å². The molecule has 1 saturated heterocycles. The van der Waals surface area contributed by atoms with Crippen molar-refractivity contribution in [2.24, 2.45) is 0 Å². The highest BCUT2D eigenvalue weighted by molar-refractivity contribution is 5.83. The number of hydrogen-bond acceptors (Lipinski definition) is 7. The molecule has 3 N–H and O–H groups in total. The maximum Gasteiger partial charge on any atom is 0.206 e. The second-order valence-electron chi connectivity index (χ2n) is 7.14. The number of fused-ring (bicyclic) bond motifs is 1. The number of piperazine rings is 1. The molecule has 0 radical (unpaired) electrons. The largest absolute Gasteiger partial charge is 0.324 e. The van der Waals surface area contributed by atoms with Crippen LogP contribution in [0.15, 0.2) is 55.2 Å². The van der Waals surface area contributed by atoms with Gasteiger partial charge < -0.3 is 15.6 Å². The summed E-state index contributed by atoms with van der Waals surface area (Å²) < 4.78 is 0. The van der Waals surface area contributed by atoms with E-state index in [9.17, 15) is 0 Å². The highest BCUT2D eigenvalue weighted by Crippen LogP contribution is 2.24. The van der Waals surface area contributed by atoms with Crippen LogP contribution in [0.2, 0.25) is 0 Å². The zero-order chi connectivity index (χ0) is 19.5. The van der Waals surface area contributed by atoms with Crippen molar-refractivity contribution >= 4 is 22.8 Å². The predicted octanol–water partition coefficient (Wildman–Crippen LogP) is 2.56. The summed E-state index contributed by atoms with van der Waals surface area (Å²) in [4.78, 5) is 23.0. The summed E-state index contributed by atoms with van der Waals surface area (Å²) in [6.45, 7) is 5.17. The third kappa shape index (κ3) is 4.08. The third-order valence-electron chi connectivity index (χ3n) is 5.06. The van der Waals surface area contributed by atoms with Crippen LogP contribution in [0.4, 0.5) is 11.8 Å². The van der Waals surface area contributed by atoms with Gasteiger partial charge in [0.25, 0.3) is 0 Å². The van der Waals surface area contributed by atoms with Gasteiger partial charge in [-0.3, -0.25) is 4.90 Å². The molecule has 146 valence electrons. The van der Waals surface area contributed by atoms with E-state index in [2.05, 4.69) is 58.7 Å². The second kappa shape index (κ2) is 7.94. The molecule has 29 heavy (non-hydrogen) atoms. The average molecular weight is 386 g/mol. The molecule has 0 spiro atoms. The monoisotopic (exact) mass is 386 g/mol. The Morgan fingerprint density at radius 3 is 2.72 bits per heavy atom. The number of aromatic nitrogens is 5. The molecular formula is C21H22N8. The quantitative estimate of drug-likeness (QED) is 0.485. The molecule has 5 rings (SSSR count). The molecule has 0 atom stereocenters. The molecule has 0 aliphatic carbocycles. The molecule has 1 aromatic carbocycles. The Kier molecular flexibility index (Phi) is 4.85. The molecule has 0 saturated carbocycles. The number of benzene rings is 1. The number of imidazole rings is 1. The minimum absolute atomic E-state index is 0.674. The molecule has 1 aliphatic heterocycles. The molecule has 8 nitrogen and oxygen atoms in total. The third-order valence-corrected chi connectivity index (χ3v) is 5.06. The lowest BCUT2D eigenvalue weighted by Crippen LogP contribution is -2.42. The molecule has 4 heterocycles. The summed E-state index contributed by atoms with van der Waals surface area (Å²) in [7, 11) is 0. The van der Waals surface area contributed by atoms with Crippen LogP contribution in [0.25, 0.3) is 22.2 Å². The van der Waals surface area contributed by atoms with Crippen LogP contribution < -0.4 is 10.6 Å². The Bertz CT molecular complexity index is 1100. The fraction of sp³-hybridized carbons (Fsp3) is 0.238. The van der Waals surface area contributed by atoms with Crippen molar-refractivity contribution in [2.75, 3.05) is 31.5 Å². The summed E-state index contributed by atoms with van der Waals surface area (Å²) in [5.41, 5.74) is 5.10. The highest BCUT2D eigenvalue weighted by atomic mass is 15.2. The molecule has 8 heteroatoms. The van der Waals surface area contributed by atoms with Gasteiger partial charge in [0.05, 0.1) is 11.0 Å². The van der Waals surface area contributed by atoms with Crippen molar-refractivity contribution in [3.63, 3.8) is 0 Å². The number of anilines is 2. The fourth-order valence-electron chi connectivity index (χ4n) is 3.59. The first-order valence-corrected chi connectivity index (χ1v) is 9.74. The smallest absolute Gasteiger partial charge is 0.206 e. The maximum absolute atomic E-state index is 4.63. The molecule has 4 aromatic rings. The summed E-state index contributed by atoms with van der Waals surface area (Å²) in [5.74, 6) is 1.46. The minimum Gasteiger partial charge on any atom is -0.324 e. The molecule has 0 unspecified atom stereocenters. The first kappa shape index (κ1) is 17.7. The number of nitrogens with one attached hydrogen (secondary N) is 3. The zero-order valence-corrected chi connectivity index (χ0v) is 16.0. The van der Waals surface area contributed by atoms with Gasteiger partial charge in [-0.15, -0.1) is 0 Å². The Morgan fingerprint density at radius 1 is 1.00 bits per heavy atom. The standard InChI is InChI=1S/C21H22N8/c1-2-18-19(10-16(1)17-11-23-14-24-12-17)27-21(26-18)28-20-9-15(3-4-25-20)13-29-7-5-22-6-8-29/h1-4,9-12,14,22H,5-8,13H2,(H2,25,26,27,28). The Balaban J connectivity index is 1.34. The Hall–Kier alpha value is -3.36. The van der Waals surface area contributed by atoms with Crippen LogP contribution in [-0.2, 0) is 6.54 Å². The normalized spacial score (nSPS) is 14.9. The Morgan fingerprint density at radius 2 is 1.86 bits per heavy atom. The highest BCUT2D eigenvalue weighted by Gasteiger charge is 2.11. The molecule has 1 fully saturated rings. The summed E-state index contributed by atoms with van der Waals surface area (Å²) in [6, 6.07) is 10.2. The van der Waals surface area contributed by atoms with E-state index in [1.807, 2.05) is 18.3 Å². The van der Waals surface area contributed by atoms with Crippen molar-refractivity contribution < 1.29 is 0 Å². The van der Waals surface area contributed by atoms with E-state index in [1.54, 1.807) is 12.4 Å². The summed E-state index contributed by atoms with van der Waals surface area (Å²) in [6.07, 6.45) is 6.98. The lowest BCUT2D eigenvalue weighted by atomic mass is 10.1. The van der Waals surface area contributed by atoms with Crippen molar-refractivity contribution in [3.8, 4) is 11.1 Å². The minimum atomic E-state index is 0.674. The zero-order valence-electron chi connectivity index (χ0n) is 16.0. The lowest BCUT2D eigenvalue weighted by Gasteiger charge is -2.27. The van der Waals surface area contributed by atoms with Crippen molar-refractivity contribution in [2.45, 2.75) is 6.54 Å². The second-order valence-corrected chi connectivity index (χ2v) is 7.14. The number of aromatic amines is 1. The molecule has 0 bridgehead atoms. The first-order valence-electron chi connectivity index (χ1n) is 9.74. The lowest BCUT2D eigenvalue weighted by molar-refractivity contribution is 0.233. The van der Waals surface area contributed by atoms with Crippen LogP contribution in [0.3, 0.4) is 0 Å². The SMILES string of the molecule is c1ncc(-c2ccc3nc(Nc4cc(CN5CCNCC5)ccn4)[nH]c3c2)cn1. The van der Waals surface area contributed by atoms with Crippen LogP contribution >= 0.6 is 0 Å². The summed E-state index contributed by atoms with van der Waals surface area (Å²) >= 11 is 0. The van der Waals surface area contributed by atoms with Gasteiger partial charge in [-0.25, -0.2) is 19.9 Å². The maximum atomic E-state index is 4.63. The van der Waals surface area contributed by atoms with E-state index in [-0.39, 0.29) is 0 Å². The number of rotatable bonds is 5. The van der Waals surface area contributed by atoms with E-state index in [0.717, 1.165) is 60.7 Å². The van der Waals surface area contributed by atoms with Gasteiger partial charge in [0.2, 0.25) is 5.95 Å². The van der Waals surface area contributed by atoms with Gasteiger partial charge in [0.15, 0.2) is 0 Å². The van der Waals surface area contributed by atoms with Crippen LogP contribution in [0.1, 0.15) is 5.56 Å². The molecule has 1 aliphatic rings. The van der Waals surface area contributed by atoms with Crippen LogP contribution in [-0.4, -0.2) is 56.0 Å². The molecular weight excluding hydrogens is 364 g/mol. The van der Waals surface area contributed by atoms with Crippen molar-refractivity contribution in [1.29, 1.82) is 0 Å². The topological polar surface area (TPSA) is 94.6 Å². The molecule has 3 aromatic heterocycles. The van der Waals surface area contributed by atoms with E-state index in [1.165, 1.54) is 11.9 Å². The number of H-pyrrole nitrogens is 1. The van der Waals surface area contributed by atoms with Gasteiger partial charge in [-0.05, 0) is 35.4 Å². The number of hydrogen-bond donors (Lipinski definition) is 3. The van der Waals surface area contributed by atoms with E-state index >= 15 is 0 Å². The predicted molar refractivity (Wildman–Crippen MR) is 113 cm³/mol. The van der Waals surface area contributed by atoms with Gasteiger partial charge in [0, 0.05) is 56.9 Å². The van der Waals surface area contributed by atoms with E-state index in [4.69, 9.17) is 0 Å². The van der Waals surface area contributed by atoms with Crippen molar-refractivity contribution in [3.05, 3.63) is 60.8 Å². The van der Waals surface area contributed by atoms with E-state index in [0.29, 0.717) is 5.95 Å². The Labute approximate surface area is 168 Å². The van der Waals surface area contributed by atoms with Crippen LogP contribution in [0, 0.1) is 0 Å². The average Bonchev–Trinajstić information content (AvgIpc) is 3.17. The first-order chi connectivity index (χ1) is 14.3. The van der Waals surface area contributed by atoms with Crippen LogP contribution in [0.5, 0.6) is 0 Å². The fourth-order valence-corrected chi connectivity index (χ4v) is 3.59. The van der Waals surface area contributed by atoms with Gasteiger partial charge in [0.1, 0.15) is 12.1 Å². The van der Waals surface area contributed by atoms with Crippen molar-refractivity contribution in [1.82, 2.24) is 35.1 Å². The van der Waals surface area contributed by atoms with Gasteiger partial charge in [-0.2, -0.15) is 0 Å². The number of pyridine rings is 1. The van der Waals surface area contributed by atoms with Gasteiger partial charge in [-0.1, -0.05) is 6.07 Å². The van der Waals surface area contributed by atoms with E-state index < -0.39 is 0 Å². The molecule has 0 amide bonds. The number of nitrogens with zero attached hydrogens (tertiary/aromatic N) is 5.